The topological polar surface area (TPSA) is 103 Å². The first kappa shape index (κ1) is 19.8. The highest BCUT2D eigenvalue weighted by Crippen LogP contribution is 2.31. The number of aromatic nitrogens is 1. The molecule has 1 N–H and O–H groups in total. The number of hydrogen-bond acceptors (Lipinski definition) is 7. The molecule has 3 rings (SSSR count). The van der Waals surface area contributed by atoms with Crippen LogP contribution in [0.15, 0.2) is 39.8 Å². The van der Waals surface area contributed by atoms with Crippen LogP contribution in [0.2, 0.25) is 0 Å². The van der Waals surface area contributed by atoms with Crippen molar-refractivity contribution >= 4 is 31.6 Å². The molecule has 0 bridgehead atoms. The van der Waals surface area contributed by atoms with Crippen LogP contribution in [0.1, 0.15) is 22.3 Å². The minimum Gasteiger partial charge on any atom is -0.495 e. The van der Waals surface area contributed by atoms with Crippen molar-refractivity contribution in [3.63, 3.8) is 0 Å². The van der Waals surface area contributed by atoms with Crippen LogP contribution in [0.25, 0.3) is 0 Å². The molecule has 0 unspecified atom stereocenters. The van der Waals surface area contributed by atoms with E-state index in [2.05, 4.69) is 20.9 Å². The number of aliphatic hydroxyl groups is 1. The molecule has 2 aromatic rings. The molecule has 2 heterocycles. The Morgan fingerprint density at radius 3 is 2.85 bits per heavy atom. The van der Waals surface area contributed by atoms with Gasteiger partial charge in [-0.3, -0.25) is 4.79 Å². The van der Waals surface area contributed by atoms with E-state index in [0.29, 0.717) is 10.0 Å². The molecule has 0 fully saturated rings. The quantitative estimate of drug-likeness (QED) is 0.737. The fourth-order valence-corrected chi connectivity index (χ4v) is 4.85. The first-order valence-electron chi connectivity index (χ1n) is 8.16. The fraction of sp³-hybridized carbons (Fsp3) is 0.333. The lowest BCUT2D eigenvalue weighted by Crippen LogP contribution is -2.16. The second-order valence-electron chi connectivity index (χ2n) is 6.24. The van der Waals surface area contributed by atoms with Gasteiger partial charge >= 0.3 is 0 Å². The number of benzene rings is 1. The molecule has 0 spiro atoms. The van der Waals surface area contributed by atoms with Crippen LogP contribution in [0, 0.1) is 5.92 Å². The largest absolute Gasteiger partial charge is 0.495 e. The Morgan fingerprint density at radius 2 is 2.15 bits per heavy atom. The van der Waals surface area contributed by atoms with Crippen molar-refractivity contribution in [3.05, 3.63) is 46.1 Å². The number of ketones is 1. The second kappa shape index (κ2) is 7.95. The van der Waals surface area contributed by atoms with E-state index in [-0.39, 0.29) is 59.2 Å². The minimum absolute atomic E-state index is 0.0530. The normalized spacial score (nSPS) is 17.0. The number of rotatable bonds is 5. The number of fused-ring (bicyclic) bond motifs is 1. The Morgan fingerprint density at radius 1 is 1.37 bits per heavy atom. The van der Waals surface area contributed by atoms with Gasteiger partial charge in [-0.2, -0.15) is 0 Å². The SMILES string of the molecule is COc1ccc(Br)cc1S(=O)(=O)Cc1cnc2c(c1)C(=O)C[C@@H](CO)CO2. The molecule has 1 aromatic heterocycles. The van der Waals surface area contributed by atoms with Crippen LogP contribution >= 0.6 is 15.9 Å². The van der Waals surface area contributed by atoms with Crippen molar-refractivity contribution in [3.8, 4) is 11.6 Å². The molecule has 0 aliphatic carbocycles. The molecule has 1 atom stereocenters. The number of pyridine rings is 1. The minimum atomic E-state index is -3.73. The molecule has 7 nitrogen and oxygen atoms in total. The third-order valence-electron chi connectivity index (χ3n) is 4.21. The molecular weight excluding hydrogens is 438 g/mol. The van der Waals surface area contributed by atoms with Crippen molar-refractivity contribution < 1.29 is 27.8 Å². The Balaban J connectivity index is 1.93. The summed E-state index contributed by atoms with van der Waals surface area (Å²) in [5, 5.41) is 9.27. The number of Topliss-reactive ketones (excluding diaryl/α,β-unsaturated/α-hetero) is 1. The van der Waals surface area contributed by atoms with Gasteiger partial charge in [-0.15, -0.1) is 0 Å². The number of ether oxygens (including phenoxy) is 2. The average molecular weight is 456 g/mol. The van der Waals surface area contributed by atoms with Crippen LogP contribution in [0.4, 0.5) is 0 Å². The van der Waals surface area contributed by atoms with Gasteiger partial charge in [-0.1, -0.05) is 15.9 Å². The summed E-state index contributed by atoms with van der Waals surface area (Å²) in [6.07, 6.45) is 1.51. The number of aliphatic hydroxyl groups excluding tert-OH is 1. The highest BCUT2D eigenvalue weighted by atomic mass is 79.9. The zero-order valence-electron chi connectivity index (χ0n) is 14.5. The number of nitrogens with zero attached hydrogens (tertiary/aromatic N) is 1. The fourth-order valence-electron chi connectivity index (χ4n) is 2.83. The molecule has 27 heavy (non-hydrogen) atoms. The van der Waals surface area contributed by atoms with Crippen molar-refractivity contribution in [1.29, 1.82) is 0 Å². The lowest BCUT2D eigenvalue weighted by atomic mass is 10.0. The van der Waals surface area contributed by atoms with Gasteiger partial charge in [-0.25, -0.2) is 13.4 Å². The van der Waals surface area contributed by atoms with Crippen LogP contribution in [-0.2, 0) is 15.6 Å². The van der Waals surface area contributed by atoms with Gasteiger partial charge in [0.25, 0.3) is 0 Å². The summed E-state index contributed by atoms with van der Waals surface area (Å²) in [5.74, 6) is -0.460. The van der Waals surface area contributed by atoms with Gasteiger partial charge < -0.3 is 14.6 Å². The first-order valence-corrected chi connectivity index (χ1v) is 10.6. The average Bonchev–Trinajstić information content (AvgIpc) is 2.80. The molecule has 0 radical (unpaired) electrons. The zero-order valence-corrected chi connectivity index (χ0v) is 16.9. The Kier molecular flexibility index (Phi) is 5.83. The van der Waals surface area contributed by atoms with E-state index in [0.717, 1.165) is 0 Å². The number of sulfone groups is 1. The van der Waals surface area contributed by atoms with Crippen molar-refractivity contribution in [2.75, 3.05) is 20.3 Å². The van der Waals surface area contributed by atoms with Crippen LogP contribution in [0.5, 0.6) is 11.6 Å². The maximum Gasteiger partial charge on any atom is 0.224 e. The third-order valence-corrected chi connectivity index (χ3v) is 6.41. The summed E-state index contributed by atoms with van der Waals surface area (Å²) >= 11 is 3.27. The monoisotopic (exact) mass is 455 g/mol. The number of carbonyl (C=O) groups is 1. The van der Waals surface area contributed by atoms with E-state index in [4.69, 9.17) is 9.47 Å². The van der Waals surface area contributed by atoms with E-state index in [1.165, 1.54) is 25.4 Å². The number of halogens is 1. The lowest BCUT2D eigenvalue weighted by molar-refractivity contribution is 0.0927. The van der Waals surface area contributed by atoms with Crippen molar-refractivity contribution in [1.82, 2.24) is 4.98 Å². The van der Waals surface area contributed by atoms with E-state index in [1.807, 2.05) is 0 Å². The molecule has 9 heteroatoms. The molecule has 1 aliphatic rings. The highest BCUT2D eigenvalue weighted by molar-refractivity contribution is 9.10. The highest BCUT2D eigenvalue weighted by Gasteiger charge is 2.26. The molecule has 1 aromatic carbocycles. The molecular formula is C18H18BrNO6S. The summed E-state index contributed by atoms with van der Waals surface area (Å²) in [4.78, 5) is 16.6. The molecule has 144 valence electrons. The van der Waals surface area contributed by atoms with Gasteiger partial charge in [0.2, 0.25) is 5.88 Å². The lowest BCUT2D eigenvalue weighted by Gasteiger charge is -2.11. The van der Waals surface area contributed by atoms with Crippen LogP contribution < -0.4 is 9.47 Å². The summed E-state index contributed by atoms with van der Waals surface area (Å²) in [7, 11) is -2.33. The van der Waals surface area contributed by atoms with E-state index in [9.17, 15) is 18.3 Å². The third kappa shape index (κ3) is 4.31. The maximum absolute atomic E-state index is 12.9. The molecule has 0 saturated carbocycles. The molecule has 1 aliphatic heterocycles. The van der Waals surface area contributed by atoms with Gasteiger partial charge in [0.15, 0.2) is 15.6 Å². The summed E-state index contributed by atoms with van der Waals surface area (Å²) in [5.41, 5.74) is 0.607. The van der Waals surface area contributed by atoms with Crippen LogP contribution in [0.3, 0.4) is 0 Å². The second-order valence-corrected chi connectivity index (χ2v) is 9.11. The van der Waals surface area contributed by atoms with Crippen LogP contribution in [-0.4, -0.2) is 44.6 Å². The summed E-state index contributed by atoms with van der Waals surface area (Å²) in [6.45, 7) is 0.0266. The van der Waals surface area contributed by atoms with E-state index < -0.39 is 9.84 Å². The summed E-state index contributed by atoms with van der Waals surface area (Å²) in [6, 6.07) is 6.23. The van der Waals surface area contributed by atoms with Gasteiger partial charge in [0, 0.05) is 29.6 Å². The smallest absolute Gasteiger partial charge is 0.224 e. The zero-order chi connectivity index (χ0) is 19.6. The Labute approximate surface area is 165 Å². The van der Waals surface area contributed by atoms with E-state index in [1.54, 1.807) is 12.1 Å². The van der Waals surface area contributed by atoms with Gasteiger partial charge in [0.05, 0.1) is 25.0 Å². The Bertz CT molecular complexity index is 976. The Hall–Kier alpha value is -1.97. The molecule has 0 saturated heterocycles. The van der Waals surface area contributed by atoms with Crippen molar-refractivity contribution in [2.24, 2.45) is 5.92 Å². The predicted molar refractivity (Wildman–Crippen MR) is 101 cm³/mol. The molecule has 0 amide bonds. The standard InChI is InChI=1S/C18H18BrNO6S/c1-25-16-3-2-13(19)6-17(16)27(23,24)10-11-4-14-15(22)5-12(8-21)9-26-18(14)20-7-11/h2-4,6-7,12,21H,5,8-10H2,1H3/t12-/m0/s1. The van der Waals surface area contributed by atoms with Gasteiger partial charge in [-0.05, 0) is 29.8 Å². The van der Waals surface area contributed by atoms with E-state index >= 15 is 0 Å². The number of carbonyl (C=O) groups excluding carboxylic acids is 1. The van der Waals surface area contributed by atoms with Crippen molar-refractivity contribution in [2.45, 2.75) is 17.1 Å². The predicted octanol–water partition coefficient (Wildman–Crippen LogP) is 2.40. The number of hydrogen-bond donors (Lipinski definition) is 1. The van der Waals surface area contributed by atoms with Gasteiger partial charge in [0.1, 0.15) is 10.6 Å². The maximum atomic E-state index is 12.9. The first-order chi connectivity index (χ1) is 12.8. The number of methoxy groups -OCH3 is 1. The summed E-state index contributed by atoms with van der Waals surface area (Å²) < 4.78 is 37.0.